The van der Waals surface area contributed by atoms with Crippen LogP contribution in [0.5, 0.6) is 0 Å². The van der Waals surface area contributed by atoms with E-state index in [0.29, 0.717) is 19.7 Å². The zero-order chi connectivity index (χ0) is 13.5. The molecule has 1 heterocycles. The number of ether oxygens (including phenoxy) is 1. The second-order valence-corrected chi connectivity index (χ2v) is 4.77. The number of hydrogen-bond donors (Lipinski definition) is 2. The molecule has 0 radical (unpaired) electrons. The average Bonchev–Trinajstić information content (AvgIpc) is 2.61. The summed E-state index contributed by atoms with van der Waals surface area (Å²) in [6.07, 6.45) is 0.766. The number of carbonyl (C=O) groups is 2. The SMILES string of the molecule is COCCNC(=O)CN1CCC(NC(C)C)C1=O. The lowest BCUT2D eigenvalue weighted by molar-refractivity contribution is -0.134. The third kappa shape index (κ3) is 4.62. The van der Waals surface area contributed by atoms with E-state index in [1.165, 1.54) is 0 Å². The number of carbonyl (C=O) groups excluding carboxylic acids is 2. The summed E-state index contributed by atoms with van der Waals surface area (Å²) in [4.78, 5) is 25.1. The molecule has 6 heteroatoms. The fraction of sp³-hybridized carbons (Fsp3) is 0.833. The normalized spacial score (nSPS) is 19.7. The van der Waals surface area contributed by atoms with Crippen LogP contribution in [-0.2, 0) is 14.3 Å². The van der Waals surface area contributed by atoms with Crippen LogP contribution in [0, 0.1) is 0 Å². The van der Waals surface area contributed by atoms with Crippen LogP contribution in [0.3, 0.4) is 0 Å². The zero-order valence-electron chi connectivity index (χ0n) is 11.4. The van der Waals surface area contributed by atoms with Gasteiger partial charge in [-0.3, -0.25) is 9.59 Å². The van der Waals surface area contributed by atoms with Crippen LogP contribution < -0.4 is 10.6 Å². The van der Waals surface area contributed by atoms with Gasteiger partial charge in [-0.2, -0.15) is 0 Å². The monoisotopic (exact) mass is 257 g/mol. The van der Waals surface area contributed by atoms with Crippen molar-refractivity contribution >= 4 is 11.8 Å². The first-order valence-corrected chi connectivity index (χ1v) is 6.35. The highest BCUT2D eigenvalue weighted by atomic mass is 16.5. The van der Waals surface area contributed by atoms with E-state index in [9.17, 15) is 9.59 Å². The highest BCUT2D eigenvalue weighted by Crippen LogP contribution is 2.11. The maximum Gasteiger partial charge on any atom is 0.240 e. The summed E-state index contributed by atoms with van der Waals surface area (Å²) < 4.78 is 4.84. The Kier molecular flexibility index (Phi) is 6.07. The number of methoxy groups -OCH3 is 1. The molecule has 0 saturated carbocycles. The van der Waals surface area contributed by atoms with Crippen molar-refractivity contribution in [2.24, 2.45) is 0 Å². The average molecular weight is 257 g/mol. The van der Waals surface area contributed by atoms with Crippen LogP contribution >= 0.6 is 0 Å². The second kappa shape index (κ2) is 7.33. The lowest BCUT2D eigenvalue weighted by Crippen LogP contribution is -2.44. The smallest absolute Gasteiger partial charge is 0.240 e. The van der Waals surface area contributed by atoms with E-state index in [-0.39, 0.29) is 30.4 Å². The van der Waals surface area contributed by atoms with Crippen molar-refractivity contribution in [3.8, 4) is 0 Å². The largest absolute Gasteiger partial charge is 0.383 e. The Bertz CT molecular complexity index is 294. The van der Waals surface area contributed by atoms with Gasteiger partial charge in [0.05, 0.1) is 19.2 Å². The highest BCUT2D eigenvalue weighted by Gasteiger charge is 2.32. The third-order valence-corrected chi connectivity index (χ3v) is 2.79. The van der Waals surface area contributed by atoms with E-state index in [2.05, 4.69) is 10.6 Å². The molecule has 0 aliphatic carbocycles. The van der Waals surface area contributed by atoms with Crippen LogP contribution in [0.1, 0.15) is 20.3 Å². The standard InChI is InChI=1S/C12H23N3O3/c1-9(2)14-10-4-6-15(12(10)17)8-11(16)13-5-7-18-3/h9-10,14H,4-8H2,1-3H3,(H,13,16). The van der Waals surface area contributed by atoms with Gasteiger partial charge in [-0.25, -0.2) is 0 Å². The van der Waals surface area contributed by atoms with Crippen molar-refractivity contribution in [3.63, 3.8) is 0 Å². The molecule has 0 spiro atoms. The Labute approximate surface area is 108 Å². The predicted octanol–water partition coefficient (Wildman–Crippen LogP) is -0.652. The van der Waals surface area contributed by atoms with E-state index in [1.54, 1.807) is 12.0 Å². The number of nitrogens with zero attached hydrogens (tertiary/aromatic N) is 1. The van der Waals surface area contributed by atoms with E-state index in [1.807, 2.05) is 13.8 Å². The first kappa shape index (κ1) is 14.9. The van der Waals surface area contributed by atoms with Gasteiger partial charge in [0.2, 0.25) is 11.8 Å². The molecule has 0 aromatic rings. The van der Waals surface area contributed by atoms with Gasteiger partial charge in [0, 0.05) is 26.2 Å². The van der Waals surface area contributed by atoms with Gasteiger partial charge < -0.3 is 20.3 Å². The van der Waals surface area contributed by atoms with Crippen molar-refractivity contribution in [2.45, 2.75) is 32.4 Å². The molecular weight excluding hydrogens is 234 g/mol. The van der Waals surface area contributed by atoms with Crippen molar-refractivity contribution in [3.05, 3.63) is 0 Å². The van der Waals surface area contributed by atoms with Crippen LogP contribution in [0.25, 0.3) is 0 Å². The topological polar surface area (TPSA) is 70.7 Å². The first-order chi connectivity index (χ1) is 8.54. The molecule has 6 nitrogen and oxygen atoms in total. The lowest BCUT2D eigenvalue weighted by Gasteiger charge is -2.18. The summed E-state index contributed by atoms with van der Waals surface area (Å²) in [5.74, 6) is -0.115. The zero-order valence-corrected chi connectivity index (χ0v) is 11.4. The summed E-state index contributed by atoms with van der Waals surface area (Å²) in [5, 5.41) is 5.91. The molecule has 1 aliphatic rings. The highest BCUT2D eigenvalue weighted by molar-refractivity contribution is 5.89. The molecule has 1 unspecified atom stereocenters. The van der Waals surface area contributed by atoms with Crippen LogP contribution in [0.15, 0.2) is 0 Å². The summed E-state index contributed by atoms with van der Waals surface area (Å²) in [5.41, 5.74) is 0. The van der Waals surface area contributed by atoms with Gasteiger partial charge in [0.15, 0.2) is 0 Å². The number of hydrogen-bond acceptors (Lipinski definition) is 4. The van der Waals surface area contributed by atoms with Crippen molar-refractivity contribution in [1.29, 1.82) is 0 Å². The summed E-state index contributed by atoms with van der Waals surface area (Å²) >= 11 is 0. The van der Waals surface area contributed by atoms with Gasteiger partial charge in [-0.15, -0.1) is 0 Å². The summed E-state index contributed by atoms with van der Waals surface area (Å²) in [6.45, 7) is 5.75. The minimum atomic E-state index is -0.142. The fourth-order valence-electron chi connectivity index (χ4n) is 1.97. The minimum Gasteiger partial charge on any atom is -0.383 e. The Balaban J connectivity index is 2.31. The molecule has 104 valence electrons. The van der Waals surface area contributed by atoms with E-state index >= 15 is 0 Å². The number of likely N-dealkylation sites (tertiary alicyclic amines) is 1. The third-order valence-electron chi connectivity index (χ3n) is 2.79. The molecule has 18 heavy (non-hydrogen) atoms. The van der Waals surface area contributed by atoms with Gasteiger partial charge in [0.25, 0.3) is 0 Å². The predicted molar refractivity (Wildman–Crippen MR) is 68.1 cm³/mol. The van der Waals surface area contributed by atoms with Gasteiger partial charge in [-0.05, 0) is 6.42 Å². The van der Waals surface area contributed by atoms with E-state index in [4.69, 9.17) is 4.74 Å². The van der Waals surface area contributed by atoms with E-state index in [0.717, 1.165) is 6.42 Å². The fourth-order valence-corrected chi connectivity index (χ4v) is 1.97. The number of amides is 2. The molecule has 0 aromatic heterocycles. The van der Waals surface area contributed by atoms with E-state index < -0.39 is 0 Å². The summed E-state index contributed by atoms with van der Waals surface area (Å²) in [6, 6.07) is 0.131. The van der Waals surface area contributed by atoms with Crippen LogP contribution in [0.2, 0.25) is 0 Å². The first-order valence-electron chi connectivity index (χ1n) is 6.35. The Hall–Kier alpha value is -1.14. The van der Waals surface area contributed by atoms with Gasteiger partial charge in [0.1, 0.15) is 0 Å². The summed E-state index contributed by atoms with van der Waals surface area (Å²) in [7, 11) is 1.58. The maximum atomic E-state index is 12.0. The molecule has 1 fully saturated rings. The Morgan fingerprint density at radius 3 is 2.89 bits per heavy atom. The van der Waals surface area contributed by atoms with Crippen molar-refractivity contribution in [2.75, 3.05) is 33.4 Å². The van der Waals surface area contributed by atoms with Crippen molar-refractivity contribution in [1.82, 2.24) is 15.5 Å². The minimum absolute atomic E-state index is 0.0191. The quantitative estimate of drug-likeness (QED) is 0.595. The lowest BCUT2D eigenvalue weighted by atomic mass is 10.2. The Morgan fingerprint density at radius 1 is 1.56 bits per heavy atom. The van der Waals surface area contributed by atoms with Gasteiger partial charge >= 0.3 is 0 Å². The molecule has 1 aliphatic heterocycles. The molecule has 2 amide bonds. The maximum absolute atomic E-state index is 12.0. The number of nitrogens with one attached hydrogen (secondary N) is 2. The molecule has 1 rings (SSSR count). The second-order valence-electron chi connectivity index (χ2n) is 4.77. The molecule has 0 aromatic carbocycles. The molecule has 1 saturated heterocycles. The molecular formula is C12H23N3O3. The van der Waals surface area contributed by atoms with Crippen LogP contribution in [-0.4, -0.2) is 62.1 Å². The molecule has 0 bridgehead atoms. The van der Waals surface area contributed by atoms with Crippen LogP contribution in [0.4, 0.5) is 0 Å². The van der Waals surface area contributed by atoms with Gasteiger partial charge in [-0.1, -0.05) is 13.8 Å². The molecule has 1 atom stereocenters. The Morgan fingerprint density at radius 2 is 2.28 bits per heavy atom. The molecule has 2 N–H and O–H groups in total. The number of rotatable bonds is 7. The van der Waals surface area contributed by atoms with Crippen molar-refractivity contribution < 1.29 is 14.3 Å².